The molecule has 1 N–H and O–H groups in total. The Morgan fingerprint density at radius 1 is 1.43 bits per heavy atom. The van der Waals surface area contributed by atoms with Crippen molar-refractivity contribution in [2.24, 2.45) is 5.41 Å². The number of aryl methyl sites for hydroxylation is 1. The van der Waals surface area contributed by atoms with Crippen LogP contribution in [0.5, 0.6) is 0 Å². The van der Waals surface area contributed by atoms with Gasteiger partial charge in [0.05, 0.1) is 6.04 Å². The maximum Gasteiger partial charge on any atom is 0.121 e. The summed E-state index contributed by atoms with van der Waals surface area (Å²) in [5.41, 5.74) is 0.221. The van der Waals surface area contributed by atoms with Crippen molar-refractivity contribution in [2.45, 2.75) is 40.2 Å². The Balaban J connectivity index is 2.92. The van der Waals surface area contributed by atoms with E-state index < -0.39 is 0 Å². The minimum Gasteiger partial charge on any atom is -0.465 e. The lowest BCUT2D eigenvalue weighted by molar-refractivity contribution is 0.214. The van der Waals surface area contributed by atoms with E-state index in [1.54, 1.807) is 0 Å². The minimum absolute atomic E-state index is 0.221. The molecule has 1 atom stereocenters. The van der Waals surface area contributed by atoms with E-state index in [0.717, 1.165) is 17.9 Å². The monoisotopic (exact) mass is 195 g/mol. The summed E-state index contributed by atoms with van der Waals surface area (Å²) in [6, 6.07) is 4.38. The molecule has 1 heterocycles. The number of hydrogen-bond donors (Lipinski definition) is 1. The molecule has 0 spiro atoms. The third kappa shape index (κ3) is 2.18. The van der Waals surface area contributed by atoms with E-state index in [1.807, 2.05) is 20.0 Å². The molecule has 2 nitrogen and oxygen atoms in total. The lowest BCUT2D eigenvalue weighted by Gasteiger charge is -2.31. The first-order valence-corrected chi connectivity index (χ1v) is 5.25. The van der Waals surface area contributed by atoms with Crippen molar-refractivity contribution in [1.82, 2.24) is 5.32 Å². The van der Waals surface area contributed by atoms with E-state index in [4.69, 9.17) is 4.42 Å². The Kier molecular flexibility index (Phi) is 3.38. The molecule has 14 heavy (non-hydrogen) atoms. The number of rotatable bonds is 4. The normalized spacial score (nSPS) is 14.4. The van der Waals surface area contributed by atoms with E-state index in [0.29, 0.717) is 6.04 Å². The van der Waals surface area contributed by atoms with Gasteiger partial charge < -0.3 is 9.73 Å². The molecule has 2 heteroatoms. The van der Waals surface area contributed by atoms with Crippen molar-refractivity contribution in [3.8, 4) is 0 Å². The van der Waals surface area contributed by atoms with E-state index in [1.165, 1.54) is 0 Å². The summed E-state index contributed by atoms with van der Waals surface area (Å²) in [4.78, 5) is 0. The molecule has 1 aromatic rings. The van der Waals surface area contributed by atoms with Crippen molar-refractivity contribution in [3.05, 3.63) is 23.7 Å². The second-order valence-electron chi connectivity index (χ2n) is 4.51. The molecule has 1 rings (SSSR count). The highest BCUT2D eigenvalue weighted by Gasteiger charge is 2.29. The first kappa shape index (κ1) is 11.3. The van der Waals surface area contributed by atoms with E-state index >= 15 is 0 Å². The van der Waals surface area contributed by atoms with Crippen molar-refractivity contribution >= 4 is 0 Å². The van der Waals surface area contributed by atoms with Crippen molar-refractivity contribution in [3.63, 3.8) is 0 Å². The van der Waals surface area contributed by atoms with E-state index in [-0.39, 0.29) is 5.41 Å². The molecular formula is C12H21NO. The third-order valence-corrected chi connectivity index (χ3v) is 3.03. The predicted octanol–water partition coefficient (Wildman–Crippen LogP) is 3.28. The Hall–Kier alpha value is -0.760. The summed E-state index contributed by atoms with van der Waals surface area (Å²) in [6.45, 7) is 8.70. The van der Waals surface area contributed by atoms with Gasteiger partial charge in [-0.05, 0) is 37.9 Å². The molecule has 1 unspecified atom stereocenters. The van der Waals surface area contributed by atoms with Gasteiger partial charge in [0, 0.05) is 0 Å². The van der Waals surface area contributed by atoms with Crippen LogP contribution in [-0.2, 0) is 0 Å². The standard InChI is InChI=1S/C12H21NO/c1-6-12(3,4)11(13-5)10-8-7-9(2)14-10/h7-8,11,13H,6H2,1-5H3. The highest BCUT2D eigenvalue weighted by atomic mass is 16.3. The summed E-state index contributed by atoms with van der Waals surface area (Å²) < 4.78 is 5.66. The Labute approximate surface area is 86.7 Å². The molecule has 0 aliphatic carbocycles. The highest BCUT2D eigenvalue weighted by molar-refractivity contribution is 5.12. The van der Waals surface area contributed by atoms with Crippen molar-refractivity contribution in [1.29, 1.82) is 0 Å². The van der Waals surface area contributed by atoms with Crippen LogP contribution in [0.15, 0.2) is 16.5 Å². The number of nitrogens with one attached hydrogen (secondary N) is 1. The topological polar surface area (TPSA) is 25.2 Å². The molecule has 0 radical (unpaired) electrons. The fourth-order valence-corrected chi connectivity index (χ4v) is 1.73. The van der Waals surface area contributed by atoms with Crippen LogP contribution in [0.2, 0.25) is 0 Å². The van der Waals surface area contributed by atoms with Gasteiger partial charge in [-0.2, -0.15) is 0 Å². The van der Waals surface area contributed by atoms with Gasteiger partial charge in [-0.15, -0.1) is 0 Å². The summed E-state index contributed by atoms with van der Waals surface area (Å²) in [6.07, 6.45) is 1.12. The number of furan rings is 1. The predicted molar refractivity (Wildman–Crippen MR) is 59.3 cm³/mol. The molecular weight excluding hydrogens is 174 g/mol. The Bertz CT molecular complexity index is 288. The first-order valence-electron chi connectivity index (χ1n) is 5.25. The molecule has 1 aromatic heterocycles. The van der Waals surface area contributed by atoms with Gasteiger partial charge in [-0.25, -0.2) is 0 Å². The molecule has 0 aliphatic rings. The van der Waals surface area contributed by atoms with Gasteiger partial charge in [0.2, 0.25) is 0 Å². The zero-order valence-electron chi connectivity index (χ0n) is 9.85. The Morgan fingerprint density at radius 2 is 2.07 bits per heavy atom. The lowest BCUT2D eigenvalue weighted by Crippen LogP contribution is -2.31. The summed E-state index contributed by atoms with van der Waals surface area (Å²) in [5, 5.41) is 3.33. The van der Waals surface area contributed by atoms with Gasteiger partial charge in [0.15, 0.2) is 0 Å². The fourth-order valence-electron chi connectivity index (χ4n) is 1.73. The van der Waals surface area contributed by atoms with Gasteiger partial charge in [0.1, 0.15) is 11.5 Å². The molecule has 0 bridgehead atoms. The number of hydrogen-bond acceptors (Lipinski definition) is 2. The van der Waals surface area contributed by atoms with Crippen LogP contribution in [-0.4, -0.2) is 7.05 Å². The second kappa shape index (κ2) is 4.18. The maximum atomic E-state index is 5.66. The summed E-state index contributed by atoms with van der Waals surface area (Å²) in [7, 11) is 1.99. The van der Waals surface area contributed by atoms with Crippen LogP contribution in [0, 0.1) is 12.3 Å². The molecule has 0 aliphatic heterocycles. The van der Waals surface area contributed by atoms with Crippen molar-refractivity contribution < 1.29 is 4.42 Å². The van der Waals surface area contributed by atoms with Crippen LogP contribution in [0.4, 0.5) is 0 Å². The molecule has 0 aromatic carbocycles. The summed E-state index contributed by atoms with van der Waals surface area (Å²) >= 11 is 0. The van der Waals surface area contributed by atoms with Gasteiger partial charge in [-0.1, -0.05) is 20.8 Å². The molecule has 0 amide bonds. The van der Waals surface area contributed by atoms with Gasteiger partial charge >= 0.3 is 0 Å². The van der Waals surface area contributed by atoms with Crippen LogP contribution in [0.25, 0.3) is 0 Å². The molecule has 0 saturated carbocycles. The van der Waals surface area contributed by atoms with Gasteiger partial charge in [0.25, 0.3) is 0 Å². The largest absolute Gasteiger partial charge is 0.465 e. The van der Waals surface area contributed by atoms with E-state index in [2.05, 4.69) is 32.2 Å². The maximum absolute atomic E-state index is 5.66. The first-order chi connectivity index (χ1) is 6.51. The van der Waals surface area contributed by atoms with Crippen molar-refractivity contribution in [2.75, 3.05) is 7.05 Å². The minimum atomic E-state index is 0.221. The zero-order chi connectivity index (χ0) is 10.8. The Morgan fingerprint density at radius 3 is 2.43 bits per heavy atom. The SMILES string of the molecule is CCC(C)(C)C(NC)c1ccc(C)o1. The molecule has 0 saturated heterocycles. The molecule has 0 fully saturated rings. The average Bonchev–Trinajstić information content (AvgIpc) is 2.53. The van der Waals surface area contributed by atoms with Crippen LogP contribution >= 0.6 is 0 Å². The highest BCUT2D eigenvalue weighted by Crippen LogP contribution is 2.36. The van der Waals surface area contributed by atoms with E-state index in [9.17, 15) is 0 Å². The van der Waals surface area contributed by atoms with Gasteiger partial charge in [-0.3, -0.25) is 0 Å². The van der Waals surface area contributed by atoms with Crippen LogP contribution in [0.3, 0.4) is 0 Å². The quantitative estimate of drug-likeness (QED) is 0.797. The third-order valence-electron chi connectivity index (χ3n) is 3.03. The van der Waals surface area contributed by atoms with Crippen LogP contribution < -0.4 is 5.32 Å². The average molecular weight is 195 g/mol. The second-order valence-corrected chi connectivity index (χ2v) is 4.51. The zero-order valence-corrected chi connectivity index (χ0v) is 9.85. The molecule has 80 valence electrons. The lowest BCUT2D eigenvalue weighted by atomic mass is 9.81. The van der Waals surface area contributed by atoms with Crippen LogP contribution in [0.1, 0.15) is 44.8 Å². The smallest absolute Gasteiger partial charge is 0.121 e. The fraction of sp³-hybridized carbons (Fsp3) is 0.667. The summed E-state index contributed by atoms with van der Waals surface area (Å²) in [5.74, 6) is 2.02.